The van der Waals surface area contributed by atoms with Crippen LogP contribution in [-0.4, -0.2) is 20.1 Å². The van der Waals surface area contributed by atoms with Crippen molar-refractivity contribution in [3.05, 3.63) is 28.8 Å². The topological polar surface area (TPSA) is 15.3 Å². The maximum absolute atomic E-state index is 6.09. The van der Waals surface area contributed by atoms with Crippen molar-refractivity contribution in [2.24, 2.45) is 11.8 Å². The molecule has 3 heteroatoms. The second-order valence-electron chi connectivity index (χ2n) is 5.54. The molecule has 0 bridgehead atoms. The number of nitrogens with zero attached hydrogens (tertiary/aromatic N) is 1. The highest BCUT2D eigenvalue weighted by Crippen LogP contribution is 2.31. The van der Waals surface area contributed by atoms with Crippen molar-refractivity contribution in [3.8, 4) is 0 Å². The minimum absolute atomic E-state index is 0.773. The summed E-state index contributed by atoms with van der Waals surface area (Å²) in [5.41, 5.74) is 2.64. The summed E-state index contributed by atoms with van der Waals surface area (Å²) in [6.45, 7) is 7.87. The normalized spacial score (nSPS) is 19.8. The molecule has 1 aromatic carbocycles. The van der Waals surface area contributed by atoms with Crippen LogP contribution in [0.15, 0.2) is 18.2 Å². The van der Waals surface area contributed by atoms with E-state index in [-0.39, 0.29) is 0 Å². The van der Waals surface area contributed by atoms with Crippen LogP contribution in [0.5, 0.6) is 0 Å². The molecule has 2 rings (SSSR count). The van der Waals surface area contributed by atoms with Gasteiger partial charge in [-0.05, 0) is 49.1 Å². The third-order valence-electron chi connectivity index (χ3n) is 3.92. The Morgan fingerprint density at radius 3 is 2.83 bits per heavy atom. The second kappa shape index (κ2) is 5.94. The molecule has 0 spiro atoms. The monoisotopic (exact) mass is 266 g/mol. The second-order valence-corrected chi connectivity index (χ2v) is 5.98. The van der Waals surface area contributed by atoms with Gasteiger partial charge in [0.25, 0.3) is 0 Å². The zero-order chi connectivity index (χ0) is 13.1. The molecule has 1 aliphatic heterocycles. The summed E-state index contributed by atoms with van der Waals surface area (Å²) < 4.78 is 0. The summed E-state index contributed by atoms with van der Waals surface area (Å²) in [4.78, 5) is 2.51. The van der Waals surface area contributed by atoms with Crippen LogP contribution in [0.1, 0.15) is 25.8 Å². The molecular formula is C15H23ClN2. The first-order chi connectivity index (χ1) is 8.61. The van der Waals surface area contributed by atoms with Crippen LogP contribution in [0.4, 0.5) is 5.69 Å². The van der Waals surface area contributed by atoms with Crippen LogP contribution in [-0.2, 0) is 6.54 Å². The molecule has 2 nitrogen and oxygen atoms in total. The van der Waals surface area contributed by atoms with Crippen molar-refractivity contribution in [2.45, 2.75) is 26.8 Å². The van der Waals surface area contributed by atoms with E-state index in [4.69, 9.17) is 11.6 Å². The van der Waals surface area contributed by atoms with E-state index in [1.165, 1.54) is 30.8 Å². The number of anilines is 1. The summed E-state index contributed by atoms with van der Waals surface area (Å²) in [5, 5.41) is 4.05. The molecule has 0 amide bonds. The van der Waals surface area contributed by atoms with Crippen LogP contribution < -0.4 is 10.2 Å². The fraction of sp³-hybridized carbons (Fsp3) is 0.600. The van der Waals surface area contributed by atoms with E-state index in [2.05, 4.69) is 36.2 Å². The highest BCUT2D eigenvalue weighted by molar-refractivity contribution is 6.30. The Bertz CT molecular complexity index is 403. The maximum Gasteiger partial charge on any atom is 0.0412 e. The van der Waals surface area contributed by atoms with Gasteiger partial charge in [0, 0.05) is 30.3 Å². The SMILES string of the molecule is CNCc1cc(Cl)ccc1N1CCC(C(C)C)C1. The standard InChI is InChI=1S/C15H23ClN2/c1-11(2)12-6-7-18(10-12)15-5-4-14(16)8-13(15)9-17-3/h4-5,8,11-12,17H,6-7,9-10H2,1-3H3. The average Bonchev–Trinajstić information content (AvgIpc) is 2.79. The van der Waals surface area contributed by atoms with Gasteiger partial charge >= 0.3 is 0 Å². The Morgan fingerprint density at radius 2 is 2.22 bits per heavy atom. The molecule has 1 atom stereocenters. The van der Waals surface area contributed by atoms with Crippen molar-refractivity contribution >= 4 is 17.3 Å². The summed E-state index contributed by atoms with van der Waals surface area (Å²) in [5.74, 6) is 1.60. The molecule has 1 heterocycles. The molecule has 1 aromatic rings. The van der Waals surface area contributed by atoms with E-state index in [1.54, 1.807) is 0 Å². The zero-order valence-corrected chi connectivity index (χ0v) is 12.3. The maximum atomic E-state index is 6.09. The first-order valence-electron chi connectivity index (χ1n) is 6.79. The van der Waals surface area contributed by atoms with Gasteiger partial charge < -0.3 is 10.2 Å². The number of halogens is 1. The van der Waals surface area contributed by atoms with E-state index >= 15 is 0 Å². The van der Waals surface area contributed by atoms with E-state index in [1.807, 2.05) is 13.1 Å². The Hall–Kier alpha value is -0.730. The van der Waals surface area contributed by atoms with E-state index in [0.29, 0.717) is 0 Å². The van der Waals surface area contributed by atoms with Gasteiger partial charge in [0.05, 0.1) is 0 Å². The van der Waals surface area contributed by atoms with Gasteiger partial charge in [0.2, 0.25) is 0 Å². The lowest BCUT2D eigenvalue weighted by atomic mass is 9.95. The fourth-order valence-electron chi connectivity index (χ4n) is 2.74. The third-order valence-corrected chi connectivity index (χ3v) is 4.15. The van der Waals surface area contributed by atoms with Gasteiger partial charge in [-0.25, -0.2) is 0 Å². The molecule has 0 radical (unpaired) electrons. The molecule has 0 aromatic heterocycles. The highest BCUT2D eigenvalue weighted by atomic mass is 35.5. The largest absolute Gasteiger partial charge is 0.371 e. The van der Waals surface area contributed by atoms with Crippen molar-refractivity contribution in [1.82, 2.24) is 5.32 Å². The van der Waals surface area contributed by atoms with Crippen LogP contribution in [0, 0.1) is 11.8 Å². The molecule has 0 saturated carbocycles. The zero-order valence-electron chi connectivity index (χ0n) is 11.5. The molecule has 100 valence electrons. The highest BCUT2D eigenvalue weighted by Gasteiger charge is 2.26. The van der Waals surface area contributed by atoms with Gasteiger partial charge in [-0.2, -0.15) is 0 Å². The number of benzene rings is 1. The van der Waals surface area contributed by atoms with Crippen LogP contribution in [0.2, 0.25) is 5.02 Å². The molecule has 18 heavy (non-hydrogen) atoms. The van der Waals surface area contributed by atoms with E-state index < -0.39 is 0 Å². The van der Waals surface area contributed by atoms with E-state index in [9.17, 15) is 0 Å². The summed E-state index contributed by atoms with van der Waals surface area (Å²) in [6.07, 6.45) is 1.30. The predicted molar refractivity (Wildman–Crippen MR) is 79.4 cm³/mol. The minimum atomic E-state index is 0.773. The lowest BCUT2D eigenvalue weighted by Gasteiger charge is -2.23. The van der Waals surface area contributed by atoms with Crippen LogP contribution >= 0.6 is 11.6 Å². The number of nitrogens with one attached hydrogen (secondary N) is 1. The van der Waals surface area contributed by atoms with E-state index in [0.717, 1.165) is 23.4 Å². The number of hydrogen-bond donors (Lipinski definition) is 1. The lowest BCUT2D eigenvalue weighted by molar-refractivity contribution is 0.422. The molecule has 1 N–H and O–H groups in total. The van der Waals surface area contributed by atoms with Crippen molar-refractivity contribution < 1.29 is 0 Å². The Labute approximate surface area is 115 Å². The molecule has 1 fully saturated rings. The van der Waals surface area contributed by atoms with Gasteiger partial charge in [0.15, 0.2) is 0 Å². The molecule has 1 aliphatic rings. The van der Waals surface area contributed by atoms with Crippen molar-refractivity contribution in [3.63, 3.8) is 0 Å². The predicted octanol–water partition coefficient (Wildman–Crippen LogP) is 3.54. The molecule has 1 saturated heterocycles. The first-order valence-corrected chi connectivity index (χ1v) is 7.17. The lowest BCUT2D eigenvalue weighted by Crippen LogP contribution is -2.23. The Kier molecular flexibility index (Phi) is 4.52. The fourth-order valence-corrected chi connectivity index (χ4v) is 2.94. The smallest absolute Gasteiger partial charge is 0.0412 e. The van der Waals surface area contributed by atoms with Gasteiger partial charge in [-0.15, -0.1) is 0 Å². The molecular weight excluding hydrogens is 244 g/mol. The summed E-state index contributed by atoms with van der Waals surface area (Å²) in [6, 6.07) is 6.24. The van der Waals surface area contributed by atoms with Crippen LogP contribution in [0.3, 0.4) is 0 Å². The van der Waals surface area contributed by atoms with Gasteiger partial charge in [-0.1, -0.05) is 25.4 Å². The van der Waals surface area contributed by atoms with Gasteiger partial charge in [-0.3, -0.25) is 0 Å². The van der Waals surface area contributed by atoms with Gasteiger partial charge in [0.1, 0.15) is 0 Å². The number of rotatable bonds is 4. The quantitative estimate of drug-likeness (QED) is 0.897. The van der Waals surface area contributed by atoms with Crippen molar-refractivity contribution in [1.29, 1.82) is 0 Å². The number of hydrogen-bond acceptors (Lipinski definition) is 2. The average molecular weight is 267 g/mol. The third kappa shape index (κ3) is 2.99. The van der Waals surface area contributed by atoms with Crippen molar-refractivity contribution in [2.75, 3.05) is 25.0 Å². The Balaban J connectivity index is 2.18. The molecule has 0 aliphatic carbocycles. The summed E-state index contributed by atoms with van der Waals surface area (Å²) >= 11 is 6.09. The van der Waals surface area contributed by atoms with Crippen LogP contribution in [0.25, 0.3) is 0 Å². The first kappa shape index (κ1) is 13.7. The minimum Gasteiger partial charge on any atom is -0.371 e. The Morgan fingerprint density at radius 1 is 1.44 bits per heavy atom. The summed E-state index contributed by atoms with van der Waals surface area (Å²) in [7, 11) is 1.98. The molecule has 1 unspecified atom stereocenters.